The normalized spacial score (nSPS) is 33.2. The van der Waals surface area contributed by atoms with Gasteiger partial charge in [-0.25, -0.2) is 4.79 Å². The van der Waals surface area contributed by atoms with Crippen molar-refractivity contribution in [3.8, 4) is 0 Å². The Morgan fingerprint density at radius 1 is 0.891 bits per heavy atom. The van der Waals surface area contributed by atoms with Crippen molar-refractivity contribution in [3.05, 3.63) is 31.4 Å². The predicted octanol–water partition coefficient (Wildman–Crippen LogP) is 1.96. The van der Waals surface area contributed by atoms with Gasteiger partial charge in [0.1, 0.15) is 36.6 Å². The summed E-state index contributed by atoms with van der Waals surface area (Å²) in [6.07, 6.45) is 3.08. The molecule has 5 saturated heterocycles. The lowest BCUT2D eigenvalue weighted by Gasteiger charge is -2.45. The van der Waals surface area contributed by atoms with Gasteiger partial charge >= 0.3 is 5.97 Å². The second kappa shape index (κ2) is 19.6. The van der Waals surface area contributed by atoms with Crippen LogP contribution in [0.2, 0.25) is 0 Å². The molecule has 0 aromatic rings. The molecule has 0 spiro atoms. The lowest BCUT2D eigenvalue weighted by Crippen LogP contribution is -2.61. The maximum Gasteiger partial charge on any atom is 0.343 e. The van der Waals surface area contributed by atoms with Crippen LogP contribution in [0.3, 0.4) is 0 Å². The van der Waals surface area contributed by atoms with Gasteiger partial charge in [0.25, 0.3) is 5.91 Å². The Balaban J connectivity index is 0.000000326. The molecule has 0 aromatic heterocycles. The molecule has 6 N–H and O–H groups in total. The van der Waals surface area contributed by atoms with Crippen molar-refractivity contribution in [1.82, 2.24) is 16.0 Å². The third-order valence-corrected chi connectivity index (χ3v) is 8.80. The number of carbonyl (C=O) groups excluding carboxylic acids is 4. The number of carbonyl (C=O) groups is 4. The summed E-state index contributed by atoms with van der Waals surface area (Å²) >= 11 is 0. The molecule has 2 unspecified atom stereocenters. The summed E-state index contributed by atoms with van der Waals surface area (Å²) in [4.78, 5) is 46.5. The SMILES string of the molecule is CO[C@@H](C(=O)NC1CCNC1=O)[C@@H]1OC(C)(C)O[C@H](/C=C/C(C)(C)C)[C@@H]1O.Cl.NC1CCNC1=O.[CH2+]O[C@H]1C(=O)O[C@@H]2[C@H]1OC(C)(C)O[C@@H]2/C=C/C(C)(C)C. The molecule has 5 rings (SSSR count). The van der Waals surface area contributed by atoms with E-state index >= 15 is 0 Å². The van der Waals surface area contributed by atoms with E-state index in [1.165, 1.54) is 7.11 Å². The summed E-state index contributed by atoms with van der Waals surface area (Å²) in [5, 5.41) is 18.7. The fourth-order valence-electron chi connectivity index (χ4n) is 6.18. The number of methoxy groups -OCH3 is 1. The minimum absolute atomic E-state index is 0. The Labute approximate surface area is 331 Å². The van der Waals surface area contributed by atoms with E-state index in [4.69, 9.17) is 38.9 Å². The van der Waals surface area contributed by atoms with Crippen LogP contribution in [0.25, 0.3) is 0 Å². The molecule has 16 nitrogen and oxygen atoms in total. The molecule has 5 fully saturated rings. The molecule has 3 amide bonds. The lowest BCUT2D eigenvalue weighted by molar-refractivity contribution is -0.334. The van der Waals surface area contributed by atoms with Gasteiger partial charge in [0.15, 0.2) is 23.8 Å². The quantitative estimate of drug-likeness (QED) is 0.142. The number of nitrogens with one attached hydrogen (secondary N) is 3. The third-order valence-electron chi connectivity index (χ3n) is 8.80. The van der Waals surface area contributed by atoms with E-state index in [1.807, 2.05) is 52.8 Å². The van der Waals surface area contributed by atoms with Crippen LogP contribution in [0.5, 0.6) is 0 Å². The highest BCUT2D eigenvalue weighted by atomic mass is 35.5. The number of aliphatic hydroxyl groups is 1. The van der Waals surface area contributed by atoms with E-state index in [1.54, 1.807) is 19.9 Å². The standard InChI is InChI=1S/C19H32N2O6.C15H23O5.C4H8N2O.ClH/c1-18(2,3)9-7-12-13(22)14(27-19(4,5)26-12)15(25-6)17(24)21-11-8-10-20-16(11)23;1-14(2,3)8-7-9-10-11(20-15(4,5)19-9)12(17-6)13(16)18-10;5-3-1-2-6-4(3)7;/h7,9,11-15,22H,8,10H2,1-6H3,(H,20,23)(H,21,24);7-12H,6H2,1-5H3;3H,1-2,5H2,(H,6,7);1H/q;+1;;/b9-7+;8-7+;;/t11?,12-,13+,14-,15-;9-,10+,11-,12-;;/m11../s1. The second-order valence-electron chi connectivity index (χ2n) is 17.0. The van der Waals surface area contributed by atoms with Crippen molar-refractivity contribution in [1.29, 1.82) is 0 Å². The maximum absolute atomic E-state index is 12.7. The van der Waals surface area contributed by atoms with E-state index in [2.05, 4.69) is 43.8 Å². The topological polar surface area (TPSA) is 215 Å². The number of hydrogen-bond acceptors (Lipinski definition) is 13. The largest absolute Gasteiger partial charge is 0.454 e. The molecule has 5 aliphatic heterocycles. The van der Waals surface area contributed by atoms with Gasteiger partial charge in [-0.3, -0.25) is 14.4 Å². The van der Waals surface area contributed by atoms with Gasteiger partial charge in [-0.1, -0.05) is 65.8 Å². The maximum atomic E-state index is 12.7. The number of esters is 1. The summed E-state index contributed by atoms with van der Waals surface area (Å²) in [5.41, 5.74) is 5.20. The highest BCUT2D eigenvalue weighted by Gasteiger charge is 2.57. The molecule has 5 heterocycles. The number of rotatable bonds is 7. The van der Waals surface area contributed by atoms with E-state index in [0.29, 0.717) is 13.0 Å². The monoisotopic (exact) mass is 803 g/mol. The highest BCUT2D eigenvalue weighted by Crippen LogP contribution is 2.37. The zero-order valence-electron chi connectivity index (χ0n) is 34.0. The molecule has 5 aliphatic rings. The summed E-state index contributed by atoms with van der Waals surface area (Å²) in [7, 11) is 4.70. The van der Waals surface area contributed by atoms with Gasteiger partial charge in [0.2, 0.25) is 25.0 Å². The molecule has 55 heavy (non-hydrogen) atoms. The molecular formula is C38H64ClN4O12+. The van der Waals surface area contributed by atoms with Crippen molar-refractivity contribution in [2.24, 2.45) is 16.6 Å². The first-order chi connectivity index (χ1) is 24.9. The predicted molar refractivity (Wildman–Crippen MR) is 204 cm³/mol. The average Bonchev–Trinajstić information content (AvgIpc) is 3.73. The van der Waals surface area contributed by atoms with Crippen molar-refractivity contribution >= 4 is 36.1 Å². The molecule has 0 aliphatic carbocycles. The molecule has 17 heteroatoms. The zero-order valence-corrected chi connectivity index (χ0v) is 34.9. The van der Waals surface area contributed by atoms with Gasteiger partial charge in [-0.2, -0.15) is 4.74 Å². The number of nitrogens with two attached hydrogens (primary N) is 1. The Morgan fingerprint density at radius 2 is 1.42 bits per heavy atom. The van der Waals surface area contributed by atoms with Crippen LogP contribution < -0.4 is 21.7 Å². The van der Waals surface area contributed by atoms with E-state index < -0.39 is 72.2 Å². The first-order valence-corrected chi connectivity index (χ1v) is 18.4. The zero-order chi connectivity index (χ0) is 40.8. The van der Waals surface area contributed by atoms with Crippen molar-refractivity contribution in [2.75, 3.05) is 20.2 Å². The van der Waals surface area contributed by atoms with Crippen LogP contribution in [0, 0.1) is 17.9 Å². The molecule has 10 atom stereocenters. The minimum atomic E-state index is -1.11. The number of aliphatic hydroxyl groups excluding tert-OH is 1. The fourth-order valence-corrected chi connectivity index (χ4v) is 6.18. The smallest absolute Gasteiger partial charge is 0.343 e. The van der Waals surface area contributed by atoms with E-state index in [0.717, 1.165) is 13.0 Å². The number of ether oxygens (including phenoxy) is 7. The minimum Gasteiger partial charge on any atom is -0.454 e. The number of halogens is 1. The van der Waals surface area contributed by atoms with Gasteiger partial charge in [-0.05, 0) is 51.4 Å². The molecule has 314 valence electrons. The van der Waals surface area contributed by atoms with E-state index in [-0.39, 0.29) is 47.2 Å². The van der Waals surface area contributed by atoms with Crippen molar-refractivity contribution in [3.63, 3.8) is 0 Å². The number of amides is 3. The molecule has 0 aromatic carbocycles. The summed E-state index contributed by atoms with van der Waals surface area (Å²) < 4.78 is 38.9. The van der Waals surface area contributed by atoms with Crippen LogP contribution in [0.15, 0.2) is 24.3 Å². The lowest BCUT2D eigenvalue weighted by atomic mass is 9.93. The first kappa shape index (κ1) is 48.3. The first-order valence-electron chi connectivity index (χ1n) is 18.4. The van der Waals surface area contributed by atoms with Crippen LogP contribution in [-0.4, -0.2) is 121 Å². The Hall–Kier alpha value is -2.80. The summed E-state index contributed by atoms with van der Waals surface area (Å²) in [6.45, 7) is 20.7. The van der Waals surface area contributed by atoms with Crippen molar-refractivity contribution in [2.45, 2.75) is 155 Å². The second-order valence-corrected chi connectivity index (χ2v) is 17.0. The van der Waals surface area contributed by atoms with Gasteiger partial charge < -0.3 is 55.2 Å². The van der Waals surface area contributed by atoms with Gasteiger partial charge in [0, 0.05) is 20.2 Å². The fraction of sp³-hybridized carbons (Fsp3) is 0.763. The highest BCUT2D eigenvalue weighted by molar-refractivity contribution is 5.90. The molecule has 0 bridgehead atoms. The van der Waals surface area contributed by atoms with Crippen molar-refractivity contribution < 1.29 is 57.4 Å². The summed E-state index contributed by atoms with van der Waals surface area (Å²) in [6, 6.07) is -0.836. The number of allylic oxidation sites excluding steroid dienone is 2. The summed E-state index contributed by atoms with van der Waals surface area (Å²) in [5.74, 6) is -3.01. The van der Waals surface area contributed by atoms with Crippen LogP contribution in [0.4, 0.5) is 0 Å². The number of fused-ring (bicyclic) bond motifs is 1. The van der Waals surface area contributed by atoms with Gasteiger partial charge in [-0.15, -0.1) is 12.4 Å². The van der Waals surface area contributed by atoms with Crippen LogP contribution >= 0.6 is 12.4 Å². The average molecular weight is 804 g/mol. The van der Waals surface area contributed by atoms with Crippen LogP contribution in [-0.2, 0) is 52.3 Å². The Bertz CT molecular complexity index is 1380. The Kier molecular flexibility index (Phi) is 17.2. The Morgan fingerprint density at radius 3 is 1.87 bits per heavy atom. The third kappa shape index (κ3) is 14.3. The number of hydrogen-bond donors (Lipinski definition) is 5. The van der Waals surface area contributed by atoms with Crippen LogP contribution in [0.1, 0.15) is 82.1 Å². The molecule has 0 radical (unpaired) electrons. The van der Waals surface area contributed by atoms with E-state index in [9.17, 15) is 24.3 Å². The molecular weight excluding hydrogens is 740 g/mol. The molecule has 0 saturated carbocycles. The van der Waals surface area contributed by atoms with Gasteiger partial charge in [0.05, 0.1) is 6.04 Å².